The van der Waals surface area contributed by atoms with E-state index in [1.807, 2.05) is 19.1 Å². The molecule has 2 fully saturated rings. The summed E-state index contributed by atoms with van der Waals surface area (Å²) in [6, 6.07) is 7.05. The molecule has 0 radical (unpaired) electrons. The predicted molar refractivity (Wildman–Crippen MR) is 125 cm³/mol. The van der Waals surface area contributed by atoms with Crippen LogP contribution in [0.15, 0.2) is 29.2 Å². The Morgan fingerprint density at radius 2 is 1.60 bits per heavy atom. The number of nitrogens with one attached hydrogen (secondary N) is 1. The van der Waals surface area contributed by atoms with E-state index in [0.29, 0.717) is 30.4 Å². The van der Waals surface area contributed by atoms with Gasteiger partial charge in [-0.15, -0.1) is 0 Å². The van der Waals surface area contributed by atoms with Crippen LogP contribution in [0, 0.1) is 18.8 Å². The molecule has 1 atom stereocenters. The summed E-state index contributed by atoms with van der Waals surface area (Å²) in [4.78, 5) is 12.8. The van der Waals surface area contributed by atoms with Gasteiger partial charge in [0.15, 0.2) is 0 Å². The monoisotopic (exact) mass is 438 g/mol. The van der Waals surface area contributed by atoms with E-state index in [-0.39, 0.29) is 26.7 Å². The number of nitrogens with zero attached hydrogens (tertiary/aromatic N) is 1. The molecule has 2 aliphatic rings. The molecule has 1 saturated heterocycles. The van der Waals surface area contributed by atoms with Crippen LogP contribution < -0.4 is 5.32 Å². The van der Waals surface area contributed by atoms with Crippen molar-refractivity contribution in [3.63, 3.8) is 0 Å². The van der Waals surface area contributed by atoms with E-state index in [4.69, 9.17) is 0 Å². The van der Waals surface area contributed by atoms with Crippen molar-refractivity contribution in [3.05, 3.63) is 29.8 Å². The van der Waals surface area contributed by atoms with Crippen LogP contribution >= 0.6 is 0 Å². The summed E-state index contributed by atoms with van der Waals surface area (Å²) in [5.41, 5.74) is 1.05. The molecule has 1 aromatic carbocycles. The molecule has 0 bridgehead atoms. The van der Waals surface area contributed by atoms with Crippen LogP contribution in [0.4, 0.5) is 0 Å². The molecule has 30 heavy (non-hydrogen) atoms. The number of amides is 1. The predicted octanol–water partition coefficient (Wildman–Crippen LogP) is 5.14. The highest BCUT2D eigenvalue weighted by molar-refractivity contribution is 7.89. The third-order valence-corrected chi connectivity index (χ3v) is 8.11. The quantitative estimate of drug-likeness (QED) is 0.668. The number of benzene rings is 1. The lowest BCUT2D eigenvalue weighted by Gasteiger charge is -2.20. The average Bonchev–Trinajstić information content (AvgIpc) is 3.11. The van der Waals surface area contributed by atoms with Gasteiger partial charge in [-0.05, 0) is 50.7 Å². The molecule has 1 aliphatic heterocycles. The lowest BCUT2D eigenvalue weighted by Crippen LogP contribution is -2.33. The van der Waals surface area contributed by atoms with Gasteiger partial charge in [-0.2, -0.15) is 4.31 Å². The maximum atomic E-state index is 12.8. The number of carbonyl (C=O) groups excluding carboxylic acids is 1. The summed E-state index contributed by atoms with van der Waals surface area (Å²) >= 11 is 0. The van der Waals surface area contributed by atoms with Crippen molar-refractivity contribution in [1.82, 2.24) is 9.62 Å². The van der Waals surface area contributed by atoms with Crippen molar-refractivity contribution in [2.75, 3.05) is 19.6 Å². The summed E-state index contributed by atoms with van der Waals surface area (Å²) in [5, 5.41) is 3.11. The van der Waals surface area contributed by atoms with Crippen LogP contribution in [0.1, 0.15) is 78.2 Å². The Kier molecular flexibility index (Phi) is 11.1. The van der Waals surface area contributed by atoms with E-state index in [1.54, 1.807) is 16.4 Å². The van der Waals surface area contributed by atoms with Crippen LogP contribution in [0.2, 0.25) is 0 Å². The second-order valence-electron chi connectivity index (χ2n) is 8.45. The normalized spacial score (nSPS) is 21.0. The van der Waals surface area contributed by atoms with E-state index in [2.05, 4.69) is 5.32 Å². The minimum absolute atomic E-state index is 0. The van der Waals surface area contributed by atoms with Gasteiger partial charge in [0, 0.05) is 25.6 Å². The molecule has 5 nitrogen and oxygen atoms in total. The van der Waals surface area contributed by atoms with Crippen molar-refractivity contribution in [2.24, 2.45) is 11.8 Å². The van der Waals surface area contributed by atoms with Crippen molar-refractivity contribution in [2.45, 2.75) is 84.5 Å². The first kappa shape index (κ1) is 26.6. The van der Waals surface area contributed by atoms with Crippen LogP contribution in [0.5, 0.6) is 0 Å². The zero-order chi connectivity index (χ0) is 20.0. The molecule has 1 heterocycles. The third-order valence-electron chi connectivity index (χ3n) is 6.24. The number of aryl methyl sites for hydroxylation is 1. The van der Waals surface area contributed by atoms with E-state index in [9.17, 15) is 13.2 Å². The van der Waals surface area contributed by atoms with Crippen LogP contribution in [0.3, 0.4) is 0 Å². The van der Waals surface area contributed by atoms with E-state index < -0.39 is 10.0 Å². The summed E-state index contributed by atoms with van der Waals surface area (Å²) in [5.74, 6) is 0.684. The van der Waals surface area contributed by atoms with E-state index >= 15 is 0 Å². The molecular weight excluding hydrogens is 396 g/mol. The van der Waals surface area contributed by atoms with Gasteiger partial charge in [-0.3, -0.25) is 4.79 Å². The Morgan fingerprint density at radius 3 is 2.23 bits per heavy atom. The highest BCUT2D eigenvalue weighted by atomic mass is 32.2. The van der Waals surface area contributed by atoms with Crippen molar-refractivity contribution in [3.8, 4) is 0 Å². The van der Waals surface area contributed by atoms with Crippen molar-refractivity contribution >= 4 is 15.9 Å². The molecule has 6 heteroatoms. The van der Waals surface area contributed by atoms with Crippen molar-refractivity contribution in [1.29, 1.82) is 0 Å². The molecule has 1 N–H and O–H groups in total. The minimum atomic E-state index is -3.41. The second-order valence-corrected chi connectivity index (χ2v) is 10.4. The Hall–Kier alpha value is -1.40. The largest absolute Gasteiger partial charge is 0.356 e. The summed E-state index contributed by atoms with van der Waals surface area (Å²) in [6.07, 6.45) is 9.85. The lowest BCUT2D eigenvalue weighted by atomic mass is 9.90. The highest BCUT2D eigenvalue weighted by Gasteiger charge is 2.32. The van der Waals surface area contributed by atoms with Gasteiger partial charge in [-0.1, -0.05) is 64.7 Å². The van der Waals surface area contributed by atoms with Crippen LogP contribution in [-0.4, -0.2) is 38.3 Å². The molecule has 1 unspecified atom stereocenters. The fourth-order valence-electron chi connectivity index (χ4n) is 4.37. The zero-order valence-corrected chi connectivity index (χ0v) is 17.8. The fourth-order valence-corrected chi connectivity index (χ4v) is 5.90. The first-order valence-corrected chi connectivity index (χ1v) is 12.3. The third kappa shape index (κ3) is 7.09. The van der Waals surface area contributed by atoms with Crippen LogP contribution in [-0.2, 0) is 14.8 Å². The number of sulfonamides is 1. The van der Waals surface area contributed by atoms with Crippen molar-refractivity contribution < 1.29 is 13.2 Å². The Labute approximate surface area is 184 Å². The maximum absolute atomic E-state index is 12.8. The van der Waals surface area contributed by atoms with Gasteiger partial charge in [0.2, 0.25) is 15.9 Å². The zero-order valence-electron chi connectivity index (χ0n) is 17.0. The molecule has 1 aliphatic carbocycles. The molecular formula is C24H42N2O3S. The summed E-state index contributed by atoms with van der Waals surface area (Å²) in [7, 11) is -3.41. The first-order valence-electron chi connectivity index (χ1n) is 10.8. The number of hydrogen-bond donors (Lipinski definition) is 1. The van der Waals surface area contributed by atoms with Gasteiger partial charge >= 0.3 is 0 Å². The standard InChI is InChI=1S/C22H34N2O3S.2CH4/c1-18-9-11-21(12-10-18)28(26,27)24-16-14-19(17-24)13-15-23-22(25)20-7-5-3-2-4-6-8-20;;/h9-12,19-20H,2-8,13-17H2,1H3,(H,23,25);2*1H4. The van der Waals surface area contributed by atoms with Gasteiger partial charge < -0.3 is 5.32 Å². The Bertz CT molecular complexity index is 738. The molecule has 1 saturated carbocycles. The van der Waals surface area contributed by atoms with E-state index in [0.717, 1.165) is 44.1 Å². The lowest BCUT2D eigenvalue weighted by molar-refractivity contribution is -0.125. The maximum Gasteiger partial charge on any atom is 0.243 e. The van der Waals surface area contributed by atoms with Gasteiger partial charge in [0.25, 0.3) is 0 Å². The smallest absolute Gasteiger partial charge is 0.243 e. The molecule has 0 spiro atoms. The van der Waals surface area contributed by atoms with Crippen LogP contribution in [0.25, 0.3) is 0 Å². The molecule has 3 rings (SSSR count). The van der Waals surface area contributed by atoms with Gasteiger partial charge in [0.1, 0.15) is 0 Å². The molecule has 0 aromatic heterocycles. The van der Waals surface area contributed by atoms with Gasteiger partial charge in [0.05, 0.1) is 4.90 Å². The molecule has 1 aromatic rings. The molecule has 172 valence electrons. The highest BCUT2D eigenvalue weighted by Crippen LogP contribution is 2.26. The summed E-state index contributed by atoms with van der Waals surface area (Å²) in [6.45, 7) is 3.72. The molecule has 1 amide bonds. The second kappa shape index (κ2) is 12.5. The topological polar surface area (TPSA) is 66.5 Å². The minimum Gasteiger partial charge on any atom is -0.356 e. The Morgan fingerprint density at radius 1 is 1.00 bits per heavy atom. The SMILES string of the molecule is C.C.Cc1ccc(S(=O)(=O)N2CCC(CCNC(=O)C3CCCCCCC3)C2)cc1. The first-order chi connectivity index (χ1) is 13.5. The van der Waals surface area contributed by atoms with Gasteiger partial charge in [-0.25, -0.2) is 8.42 Å². The number of rotatable bonds is 6. The number of carbonyl (C=O) groups is 1. The van der Waals surface area contributed by atoms with E-state index in [1.165, 1.54) is 19.3 Å². The summed E-state index contributed by atoms with van der Waals surface area (Å²) < 4.78 is 27.2. The Balaban J connectivity index is 0.00000225. The number of hydrogen-bond acceptors (Lipinski definition) is 3. The average molecular weight is 439 g/mol. The fraction of sp³-hybridized carbons (Fsp3) is 0.708.